The van der Waals surface area contributed by atoms with Gasteiger partial charge >= 0.3 is 11.9 Å². The summed E-state index contributed by atoms with van der Waals surface area (Å²) in [5, 5.41) is 1.75. The molecule has 0 aliphatic heterocycles. The molecule has 3 aromatic rings. The van der Waals surface area contributed by atoms with Gasteiger partial charge < -0.3 is 14.2 Å². The van der Waals surface area contributed by atoms with Crippen LogP contribution in [-0.4, -0.2) is 31.4 Å². The SMILES string of the molecule is COc1cccc(C(=O)Oc2ccc(C(=O)COC(=O)c3cccs3)cc2)c1. The van der Waals surface area contributed by atoms with Crippen LogP contribution < -0.4 is 9.47 Å². The summed E-state index contributed by atoms with van der Waals surface area (Å²) < 4.78 is 15.4. The highest BCUT2D eigenvalue weighted by Crippen LogP contribution is 2.18. The molecule has 0 aliphatic carbocycles. The predicted molar refractivity (Wildman–Crippen MR) is 103 cm³/mol. The van der Waals surface area contributed by atoms with E-state index in [1.165, 1.54) is 42.7 Å². The average molecular weight is 396 g/mol. The first-order valence-electron chi connectivity index (χ1n) is 8.27. The zero-order valence-electron chi connectivity index (χ0n) is 14.9. The monoisotopic (exact) mass is 396 g/mol. The zero-order chi connectivity index (χ0) is 19.9. The third kappa shape index (κ3) is 4.83. The number of thiophene rings is 1. The molecule has 7 heteroatoms. The summed E-state index contributed by atoms with van der Waals surface area (Å²) in [5.41, 5.74) is 0.695. The highest BCUT2D eigenvalue weighted by atomic mass is 32.1. The van der Waals surface area contributed by atoms with Crippen LogP contribution in [0.5, 0.6) is 11.5 Å². The van der Waals surface area contributed by atoms with E-state index in [0.29, 0.717) is 27.5 Å². The summed E-state index contributed by atoms with van der Waals surface area (Å²) in [6, 6.07) is 16.0. The lowest BCUT2D eigenvalue weighted by atomic mass is 10.1. The molecule has 0 saturated carbocycles. The van der Waals surface area contributed by atoms with Crippen LogP contribution in [0, 0.1) is 0 Å². The largest absolute Gasteiger partial charge is 0.497 e. The Morgan fingerprint density at radius 1 is 0.857 bits per heavy atom. The van der Waals surface area contributed by atoms with E-state index in [9.17, 15) is 14.4 Å². The van der Waals surface area contributed by atoms with Crippen LogP contribution >= 0.6 is 11.3 Å². The highest BCUT2D eigenvalue weighted by Gasteiger charge is 2.14. The van der Waals surface area contributed by atoms with Crippen molar-refractivity contribution >= 4 is 29.1 Å². The number of carbonyl (C=O) groups excluding carboxylic acids is 3. The molecule has 0 unspecified atom stereocenters. The fourth-order valence-corrected chi connectivity index (χ4v) is 2.92. The quantitative estimate of drug-likeness (QED) is 0.341. The van der Waals surface area contributed by atoms with Crippen molar-refractivity contribution in [2.75, 3.05) is 13.7 Å². The van der Waals surface area contributed by atoms with Gasteiger partial charge in [-0.2, -0.15) is 0 Å². The van der Waals surface area contributed by atoms with Gasteiger partial charge in [0.25, 0.3) is 0 Å². The van der Waals surface area contributed by atoms with E-state index in [4.69, 9.17) is 14.2 Å². The summed E-state index contributed by atoms with van der Waals surface area (Å²) in [4.78, 5) is 36.5. The zero-order valence-corrected chi connectivity index (χ0v) is 15.7. The van der Waals surface area contributed by atoms with E-state index in [1.807, 2.05) is 0 Å². The van der Waals surface area contributed by atoms with Gasteiger partial charge in [-0.15, -0.1) is 11.3 Å². The predicted octanol–water partition coefficient (Wildman–Crippen LogP) is 4.02. The second-order valence-corrected chi connectivity index (χ2v) is 6.57. The van der Waals surface area contributed by atoms with E-state index in [-0.39, 0.29) is 12.4 Å². The van der Waals surface area contributed by atoms with Gasteiger partial charge in [0.05, 0.1) is 12.7 Å². The number of hydrogen-bond donors (Lipinski definition) is 0. The number of rotatable bonds is 7. The van der Waals surface area contributed by atoms with Crippen molar-refractivity contribution in [3.8, 4) is 11.5 Å². The maximum absolute atomic E-state index is 12.2. The number of ketones is 1. The van der Waals surface area contributed by atoms with Crippen LogP contribution in [0.15, 0.2) is 66.0 Å². The Hall–Kier alpha value is -3.45. The van der Waals surface area contributed by atoms with Crippen molar-refractivity contribution in [3.63, 3.8) is 0 Å². The van der Waals surface area contributed by atoms with Crippen molar-refractivity contribution in [1.82, 2.24) is 0 Å². The van der Waals surface area contributed by atoms with Crippen molar-refractivity contribution in [2.45, 2.75) is 0 Å². The minimum absolute atomic E-state index is 0.292. The van der Waals surface area contributed by atoms with Crippen molar-refractivity contribution < 1.29 is 28.6 Å². The fourth-order valence-electron chi connectivity index (χ4n) is 2.31. The number of esters is 2. The third-order valence-electron chi connectivity index (χ3n) is 3.75. The first kappa shape index (κ1) is 19.3. The van der Waals surface area contributed by atoms with E-state index < -0.39 is 11.9 Å². The van der Waals surface area contributed by atoms with Gasteiger partial charge in [-0.05, 0) is 53.9 Å². The van der Waals surface area contributed by atoms with Crippen LogP contribution in [0.4, 0.5) is 0 Å². The lowest BCUT2D eigenvalue weighted by Gasteiger charge is -2.07. The maximum atomic E-state index is 12.2. The van der Waals surface area contributed by atoms with Crippen LogP contribution in [0.1, 0.15) is 30.4 Å². The minimum atomic E-state index is -0.539. The Bertz CT molecular complexity index is 976. The molecule has 6 nitrogen and oxygen atoms in total. The van der Waals surface area contributed by atoms with Crippen LogP contribution in [0.25, 0.3) is 0 Å². The molecule has 28 heavy (non-hydrogen) atoms. The molecule has 2 aromatic carbocycles. The second kappa shape index (κ2) is 8.96. The first-order chi connectivity index (χ1) is 13.6. The average Bonchev–Trinajstić information content (AvgIpc) is 3.27. The van der Waals surface area contributed by atoms with E-state index in [1.54, 1.807) is 41.8 Å². The van der Waals surface area contributed by atoms with Gasteiger partial charge in [-0.3, -0.25) is 4.79 Å². The molecule has 0 fully saturated rings. The minimum Gasteiger partial charge on any atom is -0.497 e. The molecule has 142 valence electrons. The lowest BCUT2D eigenvalue weighted by molar-refractivity contribution is 0.0479. The number of ether oxygens (including phenoxy) is 3. The second-order valence-electron chi connectivity index (χ2n) is 5.62. The molecule has 0 N–H and O–H groups in total. The van der Waals surface area contributed by atoms with Crippen molar-refractivity contribution in [1.29, 1.82) is 0 Å². The van der Waals surface area contributed by atoms with Gasteiger partial charge in [0, 0.05) is 5.56 Å². The van der Waals surface area contributed by atoms with Gasteiger partial charge in [-0.1, -0.05) is 12.1 Å². The number of Topliss-reactive ketones (excluding diaryl/α,β-unsaturated/α-hetero) is 1. The summed E-state index contributed by atoms with van der Waals surface area (Å²) >= 11 is 1.24. The normalized spacial score (nSPS) is 10.2. The number of benzene rings is 2. The van der Waals surface area contributed by atoms with Gasteiger partial charge in [-0.25, -0.2) is 9.59 Å². The molecule has 0 radical (unpaired) electrons. The molecule has 0 saturated heterocycles. The molecule has 3 rings (SSSR count). The van der Waals surface area contributed by atoms with Gasteiger partial charge in [0.15, 0.2) is 12.4 Å². The number of methoxy groups -OCH3 is 1. The fraction of sp³-hybridized carbons (Fsp3) is 0.0952. The Balaban J connectivity index is 1.57. The Labute approximate surface area is 165 Å². The molecule has 0 aliphatic rings. The standard InChI is InChI=1S/C21H16O6S/c1-25-17-5-2-4-15(12-17)20(23)27-16-9-7-14(8-10-16)18(22)13-26-21(24)19-6-3-11-28-19/h2-12H,13H2,1H3. The van der Waals surface area contributed by atoms with Gasteiger partial charge in [0.1, 0.15) is 16.4 Å². The Kier molecular flexibility index (Phi) is 6.18. The highest BCUT2D eigenvalue weighted by molar-refractivity contribution is 7.11. The molecular weight excluding hydrogens is 380 g/mol. The molecule has 0 amide bonds. The summed E-state index contributed by atoms with van der Waals surface area (Å²) in [6.07, 6.45) is 0. The lowest BCUT2D eigenvalue weighted by Crippen LogP contribution is -2.13. The molecule has 1 aromatic heterocycles. The molecule has 0 atom stereocenters. The smallest absolute Gasteiger partial charge is 0.348 e. The molecule has 0 spiro atoms. The molecule has 0 bridgehead atoms. The number of hydrogen-bond acceptors (Lipinski definition) is 7. The van der Waals surface area contributed by atoms with E-state index in [2.05, 4.69) is 0 Å². The van der Waals surface area contributed by atoms with E-state index in [0.717, 1.165) is 0 Å². The van der Waals surface area contributed by atoms with Crippen LogP contribution in [0.3, 0.4) is 0 Å². The van der Waals surface area contributed by atoms with Crippen LogP contribution in [0.2, 0.25) is 0 Å². The Morgan fingerprint density at radius 3 is 2.32 bits per heavy atom. The topological polar surface area (TPSA) is 78.9 Å². The molecule has 1 heterocycles. The maximum Gasteiger partial charge on any atom is 0.348 e. The van der Waals surface area contributed by atoms with Crippen molar-refractivity contribution in [3.05, 3.63) is 82.0 Å². The summed E-state index contributed by atoms with van der Waals surface area (Å²) in [5.74, 6) is -0.585. The summed E-state index contributed by atoms with van der Waals surface area (Å²) in [6.45, 7) is -0.361. The first-order valence-corrected chi connectivity index (χ1v) is 9.15. The summed E-state index contributed by atoms with van der Waals surface area (Å²) in [7, 11) is 1.51. The van der Waals surface area contributed by atoms with Crippen molar-refractivity contribution in [2.24, 2.45) is 0 Å². The van der Waals surface area contributed by atoms with Crippen LogP contribution in [-0.2, 0) is 4.74 Å². The third-order valence-corrected chi connectivity index (χ3v) is 4.60. The van der Waals surface area contributed by atoms with E-state index >= 15 is 0 Å². The number of carbonyl (C=O) groups is 3. The Morgan fingerprint density at radius 2 is 1.64 bits per heavy atom. The van der Waals surface area contributed by atoms with Gasteiger partial charge in [0.2, 0.25) is 0 Å². The molecular formula is C21H16O6S.